The molecule has 0 atom stereocenters. The van der Waals surface area contributed by atoms with Gasteiger partial charge in [-0.3, -0.25) is 0 Å². The van der Waals surface area contributed by atoms with Crippen LogP contribution in [0.5, 0.6) is 23.0 Å². The first-order valence-electron chi connectivity index (χ1n) is 4.55. The fourth-order valence-electron chi connectivity index (χ4n) is 1.41. The molecular weight excluding hydrogens is 306 g/mol. The molecule has 0 aliphatic rings. The Morgan fingerprint density at radius 2 is 1.47 bits per heavy atom. The Hall–Kier alpha value is 0.566. The van der Waals surface area contributed by atoms with Gasteiger partial charge in [0.15, 0.2) is 0 Å². The molecular formula is C12H9ClKNaO4. The summed E-state index contributed by atoms with van der Waals surface area (Å²) in [5, 5.41) is 37.7. The number of rotatable bonds is 1. The van der Waals surface area contributed by atoms with E-state index < -0.39 is 0 Å². The van der Waals surface area contributed by atoms with Crippen LogP contribution in [0.3, 0.4) is 0 Å². The van der Waals surface area contributed by atoms with Crippen LogP contribution in [0, 0.1) is 6.07 Å². The van der Waals surface area contributed by atoms with E-state index in [2.05, 4.69) is 6.07 Å². The number of aromatic hydroxyl groups is 4. The minimum Gasteiger partial charge on any atom is -1.00 e. The summed E-state index contributed by atoms with van der Waals surface area (Å²) in [5.41, 5.74) is 0.335. The Labute approximate surface area is 181 Å². The Bertz CT molecular complexity index is 551. The third kappa shape index (κ3) is 5.11. The number of hydrogen-bond acceptors (Lipinski definition) is 4. The zero-order valence-corrected chi connectivity index (χ0v) is 16.4. The first-order chi connectivity index (χ1) is 7.59. The average Bonchev–Trinajstić information content (AvgIpc) is 2.26. The summed E-state index contributed by atoms with van der Waals surface area (Å²) in [5.74, 6) is -0.956. The van der Waals surface area contributed by atoms with Crippen molar-refractivity contribution in [3.05, 3.63) is 36.4 Å². The molecule has 0 fully saturated rings. The van der Waals surface area contributed by atoms with Crippen molar-refractivity contribution in [2.75, 3.05) is 0 Å². The van der Waals surface area contributed by atoms with Gasteiger partial charge in [0.25, 0.3) is 0 Å². The predicted octanol–water partition coefficient (Wildman–Crippen LogP) is -7.01. The molecule has 2 aromatic rings. The molecule has 2 aromatic carbocycles. The molecule has 0 aliphatic heterocycles. The van der Waals surface area contributed by atoms with Crippen molar-refractivity contribution in [2.24, 2.45) is 0 Å². The fraction of sp³-hybridized carbons (Fsp3) is 0. The summed E-state index contributed by atoms with van der Waals surface area (Å²) < 4.78 is 0. The molecule has 2 rings (SSSR count). The molecule has 0 heterocycles. The van der Waals surface area contributed by atoms with Gasteiger partial charge in [-0.15, -0.1) is 6.07 Å². The first kappa shape index (κ1) is 21.9. The maximum absolute atomic E-state index is 9.60. The van der Waals surface area contributed by atoms with Crippen molar-refractivity contribution in [1.82, 2.24) is 0 Å². The van der Waals surface area contributed by atoms with Crippen LogP contribution >= 0.6 is 0 Å². The summed E-state index contributed by atoms with van der Waals surface area (Å²) in [7, 11) is 0. The van der Waals surface area contributed by atoms with Gasteiger partial charge in [-0.2, -0.15) is 0 Å². The summed E-state index contributed by atoms with van der Waals surface area (Å²) in [6.45, 7) is 0. The molecule has 0 aliphatic carbocycles. The second-order valence-corrected chi connectivity index (χ2v) is 3.28. The van der Waals surface area contributed by atoms with E-state index in [1.165, 1.54) is 30.3 Å². The van der Waals surface area contributed by atoms with Crippen LogP contribution in [0.15, 0.2) is 30.3 Å². The van der Waals surface area contributed by atoms with E-state index in [-0.39, 0.29) is 127 Å². The minimum absolute atomic E-state index is 0. The second kappa shape index (κ2) is 9.49. The number of hydrogen-bond donors (Lipinski definition) is 4. The summed E-state index contributed by atoms with van der Waals surface area (Å²) in [6, 6.07) is 9.39. The third-order valence-corrected chi connectivity index (χ3v) is 2.19. The van der Waals surface area contributed by atoms with Gasteiger partial charge in [0, 0.05) is 11.5 Å². The smallest absolute Gasteiger partial charge is 1.00 e. The third-order valence-electron chi connectivity index (χ3n) is 2.19. The van der Waals surface area contributed by atoms with E-state index in [0.717, 1.165) is 0 Å². The maximum Gasteiger partial charge on any atom is 1.00 e. The summed E-state index contributed by atoms with van der Waals surface area (Å²) in [4.78, 5) is 0. The molecule has 0 bridgehead atoms. The van der Waals surface area contributed by atoms with Crippen molar-refractivity contribution in [2.45, 2.75) is 0 Å². The van der Waals surface area contributed by atoms with Crippen LogP contribution in [0.2, 0.25) is 0 Å². The molecule has 0 saturated heterocycles. The number of phenols is 4. The number of phenolic OH excluding ortho intramolecular Hbond substituents is 4. The minimum atomic E-state index is -0.361. The molecule has 0 aromatic heterocycles. The van der Waals surface area contributed by atoms with Gasteiger partial charge >= 0.3 is 80.9 Å². The van der Waals surface area contributed by atoms with E-state index >= 15 is 0 Å². The van der Waals surface area contributed by atoms with Crippen LogP contribution in [-0.2, 0) is 0 Å². The zero-order valence-electron chi connectivity index (χ0n) is 10.6. The van der Waals surface area contributed by atoms with E-state index in [1.54, 1.807) is 0 Å². The Morgan fingerprint density at radius 1 is 0.842 bits per heavy atom. The molecule has 19 heavy (non-hydrogen) atoms. The van der Waals surface area contributed by atoms with Crippen LogP contribution in [0.25, 0.3) is 11.1 Å². The largest absolute Gasteiger partial charge is 1.00 e. The van der Waals surface area contributed by atoms with E-state index in [0.29, 0.717) is 0 Å². The van der Waals surface area contributed by atoms with Gasteiger partial charge < -0.3 is 32.8 Å². The van der Waals surface area contributed by atoms with Crippen molar-refractivity contribution in [3.63, 3.8) is 0 Å². The zero-order chi connectivity index (χ0) is 11.7. The van der Waals surface area contributed by atoms with E-state index in [9.17, 15) is 20.4 Å². The monoisotopic (exact) mass is 314 g/mol. The van der Waals surface area contributed by atoms with Crippen molar-refractivity contribution < 1.29 is 114 Å². The molecule has 0 saturated carbocycles. The van der Waals surface area contributed by atoms with Crippen LogP contribution in [0.1, 0.15) is 0 Å². The van der Waals surface area contributed by atoms with Gasteiger partial charge in [0.05, 0.1) is 0 Å². The molecule has 0 unspecified atom stereocenters. The Balaban J connectivity index is 0. The first-order valence-corrected chi connectivity index (χ1v) is 4.55. The molecule has 0 radical (unpaired) electrons. The second-order valence-electron chi connectivity index (χ2n) is 3.28. The SMILES string of the molecule is Oc1[c-]c(-c2cccc(O)c2O)c(O)cc1.[Cl-].[K+].[Na+]. The quantitative estimate of drug-likeness (QED) is 0.183. The van der Waals surface area contributed by atoms with E-state index in [1.807, 2.05) is 0 Å². The average molecular weight is 315 g/mol. The van der Waals surface area contributed by atoms with Crippen molar-refractivity contribution >= 4 is 0 Å². The number of halogens is 1. The van der Waals surface area contributed by atoms with Gasteiger partial charge in [-0.25, -0.2) is 0 Å². The van der Waals surface area contributed by atoms with Crippen LogP contribution in [0.4, 0.5) is 0 Å². The molecule has 90 valence electrons. The Morgan fingerprint density at radius 3 is 2.11 bits per heavy atom. The predicted molar refractivity (Wildman–Crippen MR) is 57.4 cm³/mol. The number of para-hydroxylation sites is 1. The number of benzene rings is 2. The normalized spacial score (nSPS) is 8.63. The molecule has 0 amide bonds. The Kier molecular flexibility index (Phi) is 10.9. The van der Waals surface area contributed by atoms with Gasteiger partial charge in [0.2, 0.25) is 0 Å². The fourth-order valence-corrected chi connectivity index (χ4v) is 1.41. The van der Waals surface area contributed by atoms with Gasteiger partial charge in [-0.1, -0.05) is 35.4 Å². The summed E-state index contributed by atoms with van der Waals surface area (Å²) >= 11 is 0. The maximum atomic E-state index is 9.60. The summed E-state index contributed by atoms with van der Waals surface area (Å²) in [6.07, 6.45) is 0. The molecule has 7 heteroatoms. The van der Waals surface area contributed by atoms with Crippen LogP contribution in [-0.4, -0.2) is 20.4 Å². The molecule has 0 spiro atoms. The van der Waals surface area contributed by atoms with E-state index in [4.69, 9.17) is 0 Å². The van der Waals surface area contributed by atoms with Crippen molar-refractivity contribution in [1.29, 1.82) is 0 Å². The molecule has 4 N–H and O–H groups in total. The van der Waals surface area contributed by atoms with Gasteiger partial charge in [0.1, 0.15) is 11.5 Å². The van der Waals surface area contributed by atoms with Crippen LogP contribution < -0.4 is 93.3 Å². The molecule has 4 nitrogen and oxygen atoms in total. The van der Waals surface area contributed by atoms with Crippen molar-refractivity contribution in [3.8, 4) is 34.1 Å². The standard InChI is InChI=1S/C12H9O4.ClH.K.Na/c13-7-4-5-10(14)9(6-7)8-2-1-3-11(15)12(8)16;;;/h1-5,13-16H;1H;;/q-1;;2*+1/p-1. The topological polar surface area (TPSA) is 80.9 Å². The van der Waals surface area contributed by atoms with Gasteiger partial charge in [-0.05, 0) is 6.07 Å².